The van der Waals surface area contributed by atoms with Gasteiger partial charge in [-0.25, -0.2) is 12.7 Å². The molecule has 156 valence electrons. The Hall–Kier alpha value is -2.66. The Bertz CT molecular complexity index is 1100. The zero-order valence-electron chi connectivity index (χ0n) is 17.3. The Kier molecular flexibility index (Phi) is 5.91. The molecule has 0 saturated carbocycles. The Labute approximate surface area is 179 Å². The minimum Gasteiger partial charge on any atom is -0.268 e. The van der Waals surface area contributed by atoms with Crippen molar-refractivity contribution >= 4 is 21.5 Å². The number of benzene rings is 2. The number of amides is 1. The second kappa shape index (κ2) is 8.60. The van der Waals surface area contributed by atoms with Crippen molar-refractivity contribution in [2.75, 3.05) is 6.54 Å². The molecule has 2 aromatic rings. The van der Waals surface area contributed by atoms with E-state index in [0.717, 1.165) is 58.7 Å². The van der Waals surface area contributed by atoms with Gasteiger partial charge in [-0.15, -0.1) is 0 Å². The highest BCUT2D eigenvalue weighted by atomic mass is 32.2. The van der Waals surface area contributed by atoms with Crippen LogP contribution in [0.25, 0.3) is 5.57 Å². The van der Waals surface area contributed by atoms with E-state index >= 15 is 0 Å². The second-order valence-corrected chi connectivity index (χ2v) is 9.89. The number of carbonyl (C=O) groups is 1. The van der Waals surface area contributed by atoms with Gasteiger partial charge in [-0.1, -0.05) is 66.9 Å². The number of aryl methyl sites for hydroxylation is 1. The third-order valence-corrected chi connectivity index (χ3v) is 7.63. The van der Waals surface area contributed by atoms with Gasteiger partial charge in [-0.2, -0.15) is 0 Å². The van der Waals surface area contributed by atoms with Crippen molar-refractivity contribution in [2.24, 2.45) is 0 Å². The maximum Gasteiger partial charge on any atom is 0.268 e. The van der Waals surface area contributed by atoms with Crippen LogP contribution in [0.5, 0.6) is 0 Å². The fourth-order valence-electron chi connectivity index (χ4n) is 4.20. The maximum absolute atomic E-state index is 13.5. The molecule has 0 radical (unpaired) electrons. The molecule has 0 bridgehead atoms. The van der Waals surface area contributed by atoms with Gasteiger partial charge in [-0.05, 0) is 61.4 Å². The third-order valence-electron chi connectivity index (χ3n) is 5.89. The fourth-order valence-corrected chi connectivity index (χ4v) is 5.55. The lowest BCUT2D eigenvalue weighted by molar-refractivity contribution is -0.121. The lowest BCUT2D eigenvalue weighted by atomic mass is 9.90. The van der Waals surface area contributed by atoms with Crippen LogP contribution in [0.4, 0.5) is 0 Å². The molecular formula is C25H27NO3S. The molecule has 0 N–H and O–H groups in total. The SMILES string of the molecule is Cc1ccc(S(=O)(=O)N2CC(c3ccccc3)=C(/C3=C/CCCCCC3)C2=O)cc1. The van der Waals surface area contributed by atoms with Crippen LogP contribution in [0.3, 0.4) is 0 Å². The van der Waals surface area contributed by atoms with Crippen molar-refractivity contribution in [3.63, 3.8) is 0 Å². The molecule has 4 nitrogen and oxygen atoms in total. The lowest BCUT2D eigenvalue weighted by Crippen LogP contribution is -2.34. The van der Waals surface area contributed by atoms with Gasteiger partial charge < -0.3 is 0 Å². The van der Waals surface area contributed by atoms with Crippen molar-refractivity contribution in [1.82, 2.24) is 4.31 Å². The molecule has 2 aliphatic rings. The van der Waals surface area contributed by atoms with Gasteiger partial charge in [0.15, 0.2) is 0 Å². The Balaban J connectivity index is 1.78. The largest absolute Gasteiger partial charge is 0.268 e. The summed E-state index contributed by atoms with van der Waals surface area (Å²) >= 11 is 0. The summed E-state index contributed by atoms with van der Waals surface area (Å²) < 4.78 is 27.7. The second-order valence-electron chi connectivity index (χ2n) is 8.03. The lowest BCUT2D eigenvalue weighted by Gasteiger charge is -2.18. The molecule has 0 spiro atoms. The van der Waals surface area contributed by atoms with Gasteiger partial charge in [-0.3, -0.25) is 4.79 Å². The van der Waals surface area contributed by atoms with E-state index in [2.05, 4.69) is 6.08 Å². The van der Waals surface area contributed by atoms with E-state index in [4.69, 9.17) is 0 Å². The van der Waals surface area contributed by atoms with Gasteiger partial charge in [0.25, 0.3) is 15.9 Å². The molecule has 1 aliphatic heterocycles. The van der Waals surface area contributed by atoms with E-state index in [1.54, 1.807) is 24.3 Å². The third kappa shape index (κ3) is 3.99. The van der Waals surface area contributed by atoms with Gasteiger partial charge in [0, 0.05) is 5.57 Å². The van der Waals surface area contributed by atoms with Crippen molar-refractivity contribution in [3.8, 4) is 0 Å². The van der Waals surface area contributed by atoms with Crippen molar-refractivity contribution in [1.29, 1.82) is 0 Å². The first kappa shape index (κ1) is 20.6. The van der Waals surface area contributed by atoms with Gasteiger partial charge in [0.05, 0.1) is 11.4 Å². The van der Waals surface area contributed by atoms with Crippen molar-refractivity contribution in [3.05, 3.63) is 82.9 Å². The Morgan fingerprint density at radius 2 is 1.57 bits per heavy atom. The maximum atomic E-state index is 13.5. The van der Waals surface area contributed by atoms with E-state index < -0.39 is 15.9 Å². The molecule has 30 heavy (non-hydrogen) atoms. The molecule has 1 aliphatic carbocycles. The van der Waals surface area contributed by atoms with E-state index in [-0.39, 0.29) is 11.4 Å². The molecule has 0 aromatic heterocycles. The molecule has 0 atom stereocenters. The number of carbonyl (C=O) groups excluding carboxylic acids is 1. The van der Waals surface area contributed by atoms with Crippen LogP contribution < -0.4 is 0 Å². The quantitative estimate of drug-likeness (QED) is 0.677. The van der Waals surface area contributed by atoms with Gasteiger partial charge >= 0.3 is 0 Å². The first-order chi connectivity index (χ1) is 14.5. The highest BCUT2D eigenvalue weighted by Crippen LogP contribution is 2.38. The molecule has 0 fully saturated rings. The smallest absolute Gasteiger partial charge is 0.268 e. The summed E-state index contributed by atoms with van der Waals surface area (Å²) in [4.78, 5) is 13.7. The van der Waals surface area contributed by atoms with Crippen molar-refractivity contribution < 1.29 is 13.2 Å². The van der Waals surface area contributed by atoms with Crippen LogP contribution in [0.2, 0.25) is 0 Å². The van der Waals surface area contributed by atoms with Crippen LogP contribution in [0.15, 0.2) is 76.7 Å². The van der Waals surface area contributed by atoms with Crippen LogP contribution in [0.1, 0.15) is 49.7 Å². The summed E-state index contributed by atoms with van der Waals surface area (Å²) in [7, 11) is -3.92. The van der Waals surface area contributed by atoms with Crippen molar-refractivity contribution in [2.45, 2.75) is 50.3 Å². The zero-order chi connectivity index (χ0) is 21.1. The van der Waals surface area contributed by atoms with E-state index in [1.807, 2.05) is 37.3 Å². The predicted octanol–water partition coefficient (Wildman–Crippen LogP) is 5.26. The number of allylic oxidation sites excluding steroid dienone is 1. The molecule has 1 heterocycles. The predicted molar refractivity (Wildman–Crippen MR) is 119 cm³/mol. The first-order valence-electron chi connectivity index (χ1n) is 10.6. The summed E-state index contributed by atoms with van der Waals surface area (Å²) in [6.07, 6.45) is 8.37. The Morgan fingerprint density at radius 3 is 2.30 bits per heavy atom. The van der Waals surface area contributed by atoms with Gasteiger partial charge in [0.1, 0.15) is 0 Å². The first-order valence-corrected chi connectivity index (χ1v) is 12.0. The topological polar surface area (TPSA) is 54.5 Å². The fraction of sp³-hybridized carbons (Fsp3) is 0.320. The highest BCUT2D eigenvalue weighted by molar-refractivity contribution is 7.89. The van der Waals surface area contributed by atoms with Crippen LogP contribution in [-0.2, 0) is 14.8 Å². The standard InChI is InChI=1S/C25H27NO3S/c1-19-14-16-22(17-15-19)30(28,29)26-18-23(20-10-8-5-9-11-20)24(25(26)27)21-12-6-3-2-4-7-13-21/h5,8-12,14-17H,2-4,6-7,13,18H2,1H3/b21-12+. The average Bonchev–Trinajstić information content (AvgIpc) is 3.07. The van der Waals surface area contributed by atoms with Crippen LogP contribution in [0, 0.1) is 6.92 Å². The normalized spacial score (nSPS) is 20.0. The average molecular weight is 422 g/mol. The zero-order valence-corrected chi connectivity index (χ0v) is 18.1. The van der Waals surface area contributed by atoms with E-state index in [1.165, 1.54) is 6.42 Å². The summed E-state index contributed by atoms with van der Waals surface area (Å²) in [6.45, 7) is 1.98. The van der Waals surface area contributed by atoms with Gasteiger partial charge in [0.2, 0.25) is 0 Å². The van der Waals surface area contributed by atoms with Crippen LogP contribution >= 0.6 is 0 Å². The number of hydrogen-bond donors (Lipinski definition) is 0. The summed E-state index contributed by atoms with van der Waals surface area (Å²) in [5.74, 6) is -0.402. The minimum absolute atomic E-state index is 0.0751. The summed E-state index contributed by atoms with van der Waals surface area (Å²) in [5, 5.41) is 0. The summed E-state index contributed by atoms with van der Waals surface area (Å²) in [6, 6.07) is 16.4. The monoisotopic (exact) mass is 421 g/mol. The van der Waals surface area contributed by atoms with E-state index in [9.17, 15) is 13.2 Å². The molecule has 4 rings (SSSR count). The van der Waals surface area contributed by atoms with Crippen LogP contribution in [-0.4, -0.2) is 25.2 Å². The molecule has 0 unspecified atom stereocenters. The number of sulfonamides is 1. The molecule has 1 amide bonds. The minimum atomic E-state index is -3.92. The summed E-state index contributed by atoms with van der Waals surface area (Å²) in [5.41, 5.74) is 4.28. The molecular weight excluding hydrogens is 394 g/mol. The highest BCUT2D eigenvalue weighted by Gasteiger charge is 2.40. The molecule has 2 aromatic carbocycles. The number of nitrogens with zero attached hydrogens (tertiary/aromatic N) is 1. The number of hydrogen-bond acceptors (Lipinski definition) is 3. The Morgan fingerprint density at radius 1 is 0.867 bits per heavy atom. The van der Waals surface area contributed by atoms with E-state index in [0.29, 0.717) is 5.57 Å². The molecule has 5 heteroatoms. The molecule has 0 saturated heterocycles. The number of rotatable bonds is 4.